The number of aromatic nitrogens is 2. The normalized spacial score (nSPS) is 14.3. The molecule has 0 radical (unpaired) electrons. The van der Waals surface area contributed by atoms with E-state index >= 15 is 0 Å². The van der Waals surface area contributed by atoms with Gasteiger partial charge in [-0.15, -0.1) is 0 Å². The molecule has 1 aliphatic heterocycles. The molecule has 2 N–H and O–H groups in total. The van der Waals surface area contributed by atoms with Gasteiger partial charge >= 0.3 is 5.97 Å². The Labute approximate surface area is 249 Å². The topological polar surface area (TPSA) is 103 Å². The molecular weight excluding hydrogens is 542 g/mol. The number of aromatic hydroxyl groups is 1. The third kappa shape index (κ3) is 5.80. The van der Waals surface area contributed by atoms with E-state index < -0.39 is 5.97 Å². The van der Waals surface area contributed by atoms with Crippen LogP contribution in [0.1, 0.15) is 34.1 Å². The summed E-state index contributed by atoms with van der Waals surface area (Å²) in [7, 11) is 1.34. The zero-order valence-corrected chi connectivity index (χ0v) is 24.2. The lowest BCUT2D eigenvalue weighted by atomic mass is 10.00. The van der Waals surface area contributed by atoms with Gasteiger partial charge in [0.25, 0.3) is 0 Å². The molecule has 1 fully saturated rings. The van der Waals surface area contributed by atoms with Crippen LogP contribution in [0.25, 0.3) is 16.6 Å². The molecule has 1 aliphatic rings. The zero-order valence-electron chi connectivity index (χ0n) is 24.2. The monoisotopic (exact) mass is 575 g/mol. The average molecular weight is 576 g/mol. The van der Waals surface area contributed by atoms with Crippen molar-refractivity contribution in [1.29, 1.82) is 0 Å². The second kappa shape index (κ2) is 12.0. The molecule has 0 unspecified atom stereocenters. The maximum atomic E-state index is 12.1. The van der Waals surface area contributed by atoms with Gasteiger partial charge < -0.3 is 24.3 Å². The van der Waals surface area contributed by atoms with Gasteiger partial charge in [0.05, 0.1) is 29.6 Å². The summed E-state index contributed by atoms with van der Waals surface area (Å²) in [4.78, 5) is 36.0. The van der Waals surface area contributed by atoms with Crippen LogP contribution in [0.2, 0.25) is 0 Å². The molecule has 6 rings (SSSR count). The second-order valence-electron chi connectivity index (χ2n) is 10.6. The van der Waals surface area contributed by atoms with Gasteiger partial charge in [-0.1, -0.05) is 36.4 Å². The summed E-state index contributed by atoms with van der Waals surface area (Å²) < 4.78 is 7.03. The van der Waals surface area contributed by atoms with Crippen molar-refractivity contribution in [3.8, 4) is 11.6 Å². The number of methoxy groups -OCH3 is 1. The smallest absolute Gasteiger partial charge is 0.337 e. The number of carbonyl (C=O) groups is 2. The van der Waals surface area contributed by atoms with Crippen LogP contribution in [0.5, 0.6) is 5.88 Å². The van der Waals surface area contributed by atoms with Crippen molar-refractivity contribution in [3.63, 3.8) is 0 Å². The van der Waals surface area contributed by atoms with Gasteiger partial charge in [-0.2, -0.15) is 0 Å². The molecular formula is C34H33N5O4. The first-order valence-electron chi connectivity index (χ1n) is 14.2. The van der Waals surface area contributed by atoms with E-state index in [0.29, 0.717) is 22.4 Å². The number of amides is 1. The Morgan fingerprint density at radius 3 is 2.35 bits per heavy atom. The molecule has 2 aromatic heterocycles. The van der Waals surface area contributed by atoms with Crippen LogP contribution >= 0.6 is 0 Å². The molecule has 218 valence electrons. The standard InChI is InChI=1S/C34H33N5O4/c1-23(40)38-19-17-37(18-20-38)22-28-9-6-16-39(28)27-13-11-26(12-14-27)35-32(24-7-4-3-5-8-24)31-29-15-10-25(34(42)43-2)21-30(29)36-33(31)41/h3-16,21,36,41H,17-20,22H2,1-2H3. The number of benzene rings is 3. The van der Waals surface area contributed by atoms with Crippen molar-refractivity contribution in [2.75, 3.05) is 33.3 Å². The van der Waals surface area contributed by atoms with Crippen molar-refractivity contribution in [1.82, 2.24) is 19.4 Å². The molecule has 43 heavy (non-hydrogen) atoms. The molecule has 5 aromatic rings. The predicted octanol–water partition coefficient (Wildman–Crippen LogP) is 5.28. The van der Waals surface area contributed by atoms with Crippen LogP contribution in [0.15, 0.2) is 96.1 Å². The van der Waals surface area contributed by atoms with Crippen LogP contribution in [0.4, 0.5) is 5.69 Å². The summed E-state index contributed by atoms with van der Waals surface area (Å²) in [5.74, 6) is -0.345. The van der Waals surface area contributed by atoms with Crippen LogP contribution in [0.3, 0.4) is 0 Å². The fraction of sp³-hybridized carbons (Fsp3) is 0.206. The maximum absolute atomic E-state index is 12.1. The van der Waals surface area contributed by atoms with E-state index in [2.05, 4.69) is 26.7 Å². The number of rotatable bonds is 7. The number of nitrogens with one attached hydrogen (secondary N) is 1. The van der Waals surface area contributed by atoms with E-state index in [1.165, 1.54) is 12.8 Å². The van der Waals surface area contributed by atoms with Gasteiger partial charge in [0.15, 0.2) is 5.88 Å². The van der Waals surface area contributed by atoms with Gasteiger partial charge in [0.1, 0.15) is 0 Å². The number of ether oxygens (including phenoxy) is 1. The summed E-state index contributed by atoms with van der Waals surface area (Å²) in [5, 5.41) is 11.8. The lowest BCUT2D eigenvalue weighted by Crippen LogP contribution is -2.47. The molecule has 1 amide bonds. The highest BCUT2D eigenvalue weighted by molar-refractivity contribution is 6.22. The van der Waals surface area contributed by atoms with E-state index in [1.807, 2.05) is 65.6 Å². The molecule has 9 heteroatoms. The minimum atomic E-state index is -0.448. The van der Waals surface area contributed by atoms with E-state index in [4.69, 9.17) is 9.73 Å². The summed E-state index contributed by atoms with van der Waals surface area (Å²) in [5.41, 5.74) is 5.93. The number of nitrogens with zero attached hydrogens (tertiary/aromatic N) is 4. The zero-order chi connectivity index (χ0) is 29.9. The van der Waals surface area contributed by atoms with Gasteiger partial charge in [-0.05, 0) is 48.5 Å². The van der Waals surface area contributed by atoms with E-state index in [0.717, 1.165) is 55.0 Å². The van der Waals surface area contributed by atoms with Gasteiger partial charge in [-0.25, -0.2) is 9.79 Å². The summed E-state index contributed by atoms with van der Waals surface area (Å²) in [6.45, 7) is 5.64. The minimum Gasteiger partial charge on any atom is -0.494 e. The predicted molar refractivity (Wildman–Crippen MR) is 166 cm³/mol. The molecule has 3 heterocycles. The number of carbonyl (C=O) groups excluding carboxylic acids is 2. The largest absolute Gasteiger partial charge is 0.494 e. The maximum Gasteiger partial charge on any atom is 0.337 e. The first kappa shape index (κ1) is 28.0. The van der Waals surface area contributed by atoms with Gasteiger partial charge in [-0.3, -0.25) is 9.69 Å². The Hall–Kier alpha value is -5.15. The number of hydrogen-bond donors (Lipinski definition) is 2. The lowest BCUT2D eigenvalue weighted by Gasteiger charge is -2.34. The highest BCUT2D eigenvalue weighted by Gasteiger charge is 2.21. The van der Waals surface area contributed by atoms with Crippen molar-refractivity contribution in [2.45, 2.75) is 13.5 Å². The number of hydrogen-bond acceptors (Lipinski definition) is 6. The van der Waals surface area contributed by atoms with Gasteiger partial charge in [0.2, 0.25) is 5.91 Å². The molecule has 0 aliphatic carbocycles. The van der Waals surface area contributed by atoms with Crippen LogP contribution < -0.4 is 0 Å². The number of H-pyrrole nitrogens is 1. The lowest BCUT2D eigenvalue weighted by molar-refractivity contribution is -0.130. The first-order valence-corrected chi connectivity index (χ1v) is 14.2. The molecule has 1 saturated heterocycles. The molecule has 0 atom stereocenters. The molecule has 9 nitrogen and oxygen atoms in total. The average Bonchev–Trinajstić information content (AvgIpc) is 3.63. The summed E-state index contributed by atoms with van der Waals surface area (Å²) in [6, 6.07) is 27.0. The fourth-order valence-electron chi connectivity index (χ4n) is 5.59. The Balaban J connectivity index is 1.30. The minimum absolute atomic E-state index is 0.0302. The van der Waals surface area contributed by atoms with E-state index in [9.17, 15) is 14.7 Å². The molecule has 0 spiro atoms. The quantitative estimate of drug-likeness (QED) is 0.203. The second-order valence-corrected chi connectivity index (χ2v) is 10.6. The number of fused-ring (bicyclic) bond motifs is 1. The van der Waals surface area contributed by atoms with Crippen molar-refractivity contribution >= 4 is 34.2 Å². The third-order valence-electron chi connectivity index (χ3n) is 7.89. The van der Waals surface area contributed by atoms with Crippen LogP contribution in [-0.4, -0.2) is 75.3 Å². The Bertz CT molecular complexity index is 1800. The molecule has 3 aromatic carbocycles. The fourth-order valence-corrected chi connectivity index (χ4v) is 5.59. The van der Waals surface area contributed by atoms with Gasteiger partial charge in [0, 0.05) is 73.7 Å². The van der Waals surface area contributed by atoms with Crippen LogP contribution in [0, 0.1) is 0 Å². The number of aliphatic imine (C=N–C) groups is 1. The van der Waals surface area contributed by atoms with Crippen molar-refractivity contribution in [3.05, 3.63) is 114 Å². The van der Waals surface area contributed by atoms with Crippen LogP contribution in [-0.2, 0) is 16.1 Å². The van der Waals surface area contributed by atoms with E-state index in [-0.39, 0.29) is 11.8 Å². The van der Waals surface area contributed by atoms with Crippen molar-refractivity contribution in [2.24, 2.45) is 4.99 Å². The summed E-state index contributed by atoms with van der Waals surface area (Å²) >= 11 is 0. The molecule has 0 bridgehead atoms. The third-order valence-corrected chi connectivity index (χ3v) is 7.89. The Morgan fingerprint density at radius 2 is 1.65 bits per heavy atom. The highest BCUT2D eigenvalue weighted by Crippen LogP contribution is 2.32. The Kier molecular flexibility index (Phi) is 7.81. The number of aromatic amines is 1. The number of piperazine rings is 1. The summed E-state index contributed by atoms with van der Waals surface area (Å²) in [6.07, 6.45) is 2.06. The van der Waals surface area contributed by atoms with E-state index in [1.54, 1.807) is 25.1 Å². The Morgan fingerprint density at radius 1 is 0.907 bits per heavy atom. The SMILES string of the molecule is COC(=O)c1ccc2c(C(=Nc3ccc(-n4cccc4CN4CCN(C(C)=O)CC4)cc3)c3ccccc3)c(O)[nH]c2c1. The van der Waals surface area contributed by atoms with Crippen molar-refractivity contribution < 1.29 is 19.4 Å². The first-order chi connectivity index (χ1) is 20.9. The molecule has 0 saturated carbocycles. The highest BCUT2D eigenvalue weighted by atomic mass is 16.5. The number of esters is 1.